The molecule has 16 heteroatoms. The van der Waals surface area contributed by atoms with Crippen molar-refractivity contribution >= 4 is 63.7 Å². The first-order chi connectivity index (χ1) is 16.7. The molecule has 0 saturated heterocycles. The fourth-order valence-electron chi connectivity index (χ4n) is 3.18. The number of nitrogens with one attached hydrogen (secondary N) is 2. The van der Waals surface area contributed by atoms with Gasteiger partial charge in [0.25, 0.3) is 17.9 Å². The summed E-state index contributed by atoms with van der Waals surface area (Å²) in [7, 11) is 0. The second-order valence-electron chi connectivity index (χ2n) is 7.49. The zero-order valence-electron chi connectivity index (χ0n) is 17.8. The maximum atomic E-state index is 14.2. The quantitative estimate of drug-likeness (QED) is 0.234. The van der Waals surface area contributed by atoms with Gasteiger partial charge in [-0.25, -0.2) is 13.2 Å². The molecule has 6 nitrogen and oxygen atoms in total. The lowest BCUT2D eigenvalue weighted by Crippen LogP contribution is -2.42. The van der Waals surface area contributed by atoms with Crippen molar-refractivity contribution in [2.24, 2.45) is 5.16 Å². The van der Waals surface area contributed by atoms with E-state index in [1.165, 1.54) is 18.3 Å². The van der Waals surface area contributed by atoms with Crippen LogP contribution in [0, 0.1) is 6.92 Å². The normalized spacial score (nSPS) is 18.6. The number of amides is 2. The Hall–Kier alpha value is -2.22. The molecule has 0 radical (unpaired) electrons. The standard InChI is InChI=1S/C20H14Cl3F6N3O3S/c1-7-2-12(36-15(7)18(34)30-6-13(33)31-17(26)16(24)25)11-5-19(35-32-11,20(27,28)29)8-3-9(21)14(23)10(22)4-8/h2-4,16-17H,5-6H2,1H3,(H,30,34)(H,31,33). The summed E-state index contributed by atoms with van der Waals surface area (Å²) in [6.45, 7) is 0.674. The molecular formula is C20H14Cl3F6N3O3S. The lowest BCUT2D eigenvalue weighted by molar-refractivity contribution is -0.275. The van der Waals surface area contributed by atoms with Gasteiger partial charge >= 0.3 is 6.18 Å². The van der Waals surface area contributed by atoms with Crippen LogP contribution >= 0.6 is 46.1 Å². The number of carbonyl (C=O) groups excluding carboxylic acids is 2. The number of benzene rings is 1. The third-order valence-corrected chi connectivity index (χ3v) is 7.46. The van der Waals surface area contributed by atoms with Crippen molar-refractivity contribution in [3.63, 3.8) is 0 Å². The zero-order valence-corrected chi connectivity index (χ0v) is 20.9. The molecule has 1 aliphatic heterocycles. The van der Waals surface area contributed by atoms with E-state index in [2.05, 4.69) is 10.5 Å². The minimum absolute atomic E-state index is 0.00764. The minimum atomic E-state index is -4.95. The van der Waals surface area contributed by atoms with E-state index in [1.54, 1.807) is 0 Å². The first kappa shape index (κ1) is 28.4. The fraction of sp³-hybridized carbons (Fsp3) is 0.350. The van der Waals surface area contributed by atoms with Crippen molar-refractivity contribution in [1.82, 2.24) is 10.6 Å². The minimum Gasteiger partial charge on any atom is -0.374 e. The van der Waals surface area contributed by atoms with E-state index < -0.39 is 54.8 Å². The molecule has 36 heavy (non-hydrogen) atoms. The van der Waals surface area contributed by atoms with Crippen LogP contribution in [0.3, 0.4) is 0 Å². The molecule has 1 aromatic heterocycles. The summed E-state index contributed by atoms with van der Waals surface area (Å²) in [4.78, 5) is 29.0. The average molecular weight is 597 g/mol. The topological polar surface area (TPSA) is 79.8 Å². The number of aryl methyl sites for hydroxylation is 1. The average Bonchev–Trinajstić information content (AvgIpc) is 3.40. The molecule has 0 bridgehead atoms. The number of alkyl halides is 6. The van der Waals surface area contributed by atoms with Crippen LogP contribution in [0.4, 0.5) is 26.3 Å². The molecule has 0 spiro atoms. The van der Waals surface area contributed by atoms with E-state index in [0.29, 0.717) is 5.56 Å². The van der Waals surface area contributed by atoms with Crippen molar-refractivity contribution in [2.45, 2.75) is 37.8 Å². The Labute approximate surface area is 218 Å². The third kappa shape index (κ3) is 5.68. The van der Waals surface area contributed by atoms with Crippen LogP contribution in [0.25, 0.3) is 0 Å². The summed E-state index contributed by atoms with van der Waals surface area (Å²) >= 11 is 18.4. The van der Waals surface area contributed by atoms with Crippen LogP contribution in [-0.2, 0) is 15.2 Å². The van der Waals surface area contributed by atoms with Crippen molar-refractivity contribution in [1.29, 1.82) is 0 Å². The number of halogens is 9. The second-order valence-corrected chi connectivity index (χ2v) is 9.74. The smallest absolute Gasteiger partial charge is 0.374 e. The summed E-state index contributed by atoms with van der Waals surface area (Å²) in [5.74, 6) is -2.03. The van der Waals surface area contributed by atoms with E-state index in [-0.39, 0.29) is 30.5 Å². The van der Waals surface area contributed by atoms with Gasteiger partial charge in [0.2, 0.25) is 12.2 Å². The highest BCUT2D eigenvalue weighted by molar-refractivity contribution is 7.16. The lowest BCUT2D eigenvalue weighted by atomic mass is 9.88. The summed E-state index contributed by atoms with van der Waals surface area (Å²) in [6.07, 6.45) is -12.1. The maximum absolute atomic E-state index is 14.2. The zero-order chi connectivity index (χ0) is 27.0. The van der Waals surface area contributed by atoms with Crippen molar-refractivity contribution in [3.05, 3.63) is 54.1 Å². The molecule has 2 heterocycles. The van der Waals surface area contributed by atoms with Crippen LogP contribution in [0.15, 0.2) is 23.4 Å². The number of oxime groups is 1. The van der Waals surface area contributed by atoms with E-state index in [0.717, 1.165) is 23.5 Å². The molecule has 1 aromatic carbocycles. The molecule has 196 valence electrons. The molecule has 2 aromatic rings. The molecule has 2 unspecified atom stereocenters. The summed E-state index contributed by atoms with van der Waals surface area (Å²) in [5.41, 5.74) is -3.16. The van der Waals surface area contributed by atoms with Gasteiger partial charge in [-0.2, -0.15) is 13.2 Å². The van der Waals surface area contributed by atoms with E-state index in [4.69, 9.17) is 39.6 Å². The number of hydrogen-bond donors (Lipinski definition) is 2. The molecular weight excluding hydrogens is 583 g/mol. The van der Waals surface area contributed by atoms with Crippen molar-refractivity contribution in [3.8, 4) is 0 Å². The van der Waals surface area contributed by atoms with Gasteiger partial charge in [0.1, 0.15) is 5.71 Å². The summed E-state index contributed by atoms with van der Waals surface area (Å²) in [5, 5.41) is 6.52. The molecule has 2 N–H and O–H groups in total. The Morgan fingerprint density at radius 2 is 1.78 bits per heavy atom. The van der Waals surface area contributed by atoms with E-state index >= 15 is 0 Å². The van der Waals surface area contributed by atoms with Gasteiger partial charge in [-0.1, -0.05) is 40.0 Å². The van der Waals surface area contributed by atoms with Crippen LogP contribution < -0.4 is 10.6 Å². The molecule has 0 aliphatic carbocycles. The Balaban J connectivity index is 1.79. The lowest BCUT2D eigenvalue weighted by Gasteiger charge is -2.29. The second kappa shape index (κ2) is 10.6. The molecule has 2 amide bonds. The summed E-state index contributed by atoms with van der Waals surface area (Å²) < 4.78 is 79.8. The highest BCUT2D eigenvalue weighted by atomic mass is 35.5. The van der Waals surface area contributed by atoms with Crippen LogP contribution in [0.5, 0.6) is 0 Å². The van der Waals surface area contributed by atoms with Gasteiger partial charge in [0.05, 0.1) is 37.8 Å². The Morgan fingerprint density at radius 3 is 2.33 bits per heavy atom. The van der Waals surface area contributed by atoms with E-state index in [9.17, 15) is 35.9 Å². The number of rotatable bonds is 7. The van der Waals surface area contributed by atoms with Gasteiger partial charge in [0.15, 0.2) is 0 Å². The maximum Gasteiger partial charge on any atom is 0.435 e. The number of carbonyl (C=O) groups is 2. The van der Waals surface area contributed by atoms with Crippen molar-refractivity contribution in [2.75, 3.05) is 6.54 Å². The van der Waals surface area contributed by atoms with Gasteiger partial charge < -0.3 is 15.5 Å². The van der Waals surface area contributed by atoms with Gasteiger partial charge in [-0.05, 0) is 30.7 Å². The number of thiophene rings is 1. The van der Waals surface area contributed by atoms with Crippen molar-refractivity contribution < 1.29 is 40.8 Å². The van der Waals surface area contributed by atoms with Gasteiger partial charge in [0, 0.05) is 5.56 Å². The summed E-state index contributed by atoms with van der Waals surface area (Å²) in [6, 6.07) is 3.34. The largest absolute Gasteiger partial charge is 0.435 e. The first-order valence-corrected chi connectivity index (χ1v) is 11.7. The highest BCUT2D eigenvalue weighted by Crippen LogP contribution is 2.51. The van der Waals surface area contributed by atoms with E-state index in [1.807, 2.05) is 0 Å². The number of hydrogen-bond acceptors (Lipinski definition) is 5. The molecule has 0 fully saturated rings. The predicted octanol–water partition coefficient (Wildman–Crippen LogP) is 6.01. The van der Waals surface area contributed by atoms with Crippen LogP contribution in [0.2, 0.25) is 15.1 Å². The predicted molar refractivity (Wildman–Crippen MR) is 122 cm³/mol. The fourth-order valence-corrected chi connectivity index (χ4v) is 4.85. The Bertz CT molecular complexity index is 1200. The number of nitrogens with zero attached hydrogens (tertiary/aromatic N) is 1. The van der Waals surface area contributed by atoms with Crippen LogP contribution in [-0.4, -0.2) is 43.0 Å². The van der Waals surface area contributed by atoms with Gasteiger partial charge in [-0.15, -0.1) is 11.3 Å². The molecule has 1 aliphatic rings. The highest BCUT2D eigenvalue weighted by Gasteiger charge is 2.62. The third-order valence-electron chi connectivity index (χ3n) is 4.97. The van der Waals surface area contributed by atoms with Gasteiger partial charge in [-0.3, -0.25) is 9.59 Å². The molecule has 3 rings (SSSR count). The monoisotopic (exact) mass is 595 g/mol. The molecule has 0 saturated carbocycles. The molecule has 2 atom stereocenters. The Morgan fingerprint density at radius 1 is 1.17 bits per heavy atom. The SMILES string of the molecule is Cc1cc(C2=NOC(c3cc(Cl)c(Cl)c(Cl)c3)(C(F)(F)F)C2)sc1C(=O)NCC(=O)NC(F)C(F)F. The van der Waals surface area contributed by atoms with Crippen LogP contribution in [0.1, 0.15) is 32.1 Å². The Kier molecular flexibility index (Phi) is 8.38. The first-order valence-electron chi connectivity index (χ1n) is 9.73.